The Morgan fingerprint density at radius 3 is 2.79 bits per heavy atom. The Kier molecular flexibility index (Phi) is 6.44. The Morgan fingerprint density at radius 1 is 1.31 bits per heavy atom. The number of hydrogen-bond acceptors (Lipinski definition) is 5. The van der Waals surface area contributed by atoms with E-state index < -0.39 is 0 Å². The lowest BCUT2D eigenvalue weighted by molar-refractivity contribution is -0.139. The zero-order valence-electron chi connectivity index (χ0n) is 16.4. The summed E-state index contributed by atoms with van der Waals surface area (Å²) in [6, 6.07) is 7.58. The molecule has 7 heteroatoms. The fourth-order valence-corrected chi connectivity index (χ4v) is 5.28. The number of aromatic nitrogens is 1. The topological polar surface area (TPSA) is 57.7 Å². The van der Waals surface area contributed by atoms with Crippen molar-refractivity contribution >= 4 is 40.2 Å². The van der Waals surface area contributed by atoms with Gasteiger partial charge in [-0.1, -0.05) is 46.3 Å². The van der Waals surface area contributed by atoms with E-state index >= 15 is 0 Å². The molecule has 2 heterocycles. The third-order valence-corrected chi connectivity index (χ3v) is 7.11. The monoisotopic (exact) mass is 527 g/mol. The van der Waals surface area contributed by atoms with Crippen molar-refractivity contribution in [3.63, 3.8) is 0 Å². The highest BCUT2D eigenvalue weighted by molar-refractivity contribution is 14.1. The first kappa shape index (κ1) is 21.0. The molecule has 0 bridgehead atoms. The van der Waals surface area contributed by atoms with Crippen LogP contribution in [0.1, 0.15) is 48.3 Å². The number of ether oxygens (including phenoxy) is 3. The Morgan fingerprint density at radius 2 is 2.07 bits per heavy atom. The van der Waals surface area contributed by atoms with Crippen LogP contribution in [0.3, 0.4) is 0 Å². The van der Waals surface area contributed by atoms with E-state index in [-0.39, 0.29) is 24.1 Å². The first-order valence-electron chi connectivity index (χ1n) is 9.80. The highest BCUT2D eigenvalue weighted by Gasteiger charge is 2.39. The third-order valence-electron chi connectivity index (χ3n) is 5.54. The van der Waals surface area contributed by atoms with Crippen molar-refractivity contribution < 1.29 is 19.0 Å². The van der Waals surface area contributed by atoms with Crippen molar-refractivity contribution in [1.29, 1.82) is 0 Å². The van der Waals surface area contributed by atoms with Crippen LogP contribution in [-0.4, -0.2) is 27.6 Å². The largest absolute Gasteiger partial charge is 0.424 e. The first-order chi connectivity index (χ1) is 14.0. The highest BCUT2D eigenvalue weighted by Crippen LogP contribution is 2.42. The molecule has 1 aliphatic carbocycles. The van der Waals surface area contributed by atoms with Crippen molar-refractivity contribution in [2.24, 2.45) is 5.92 Å². The molecule has 1 aromatic carbocycles. The molecule has 154 valence electrons. The Balaban J connectivity index is 1.55. The lowest BCUT2D eigenvalue weighted by Gasteiger charge is -2.15. The maximum Gasteiger partial charge on any atom is 0.314 e. The summed E-state index contributed by atoms with van der Waals surface area (Å²) in [7, 11) is 0. The number of halogens is 2. The number of pyridine rings is 1. The van der Waals surface area contributed by atoms with Gasteiger partial charge in [-0.2, -0.15) is 0 Å². The standard InChI is InChI=1S/C22H23ClINO4/c1-3-27-19-9-14(8-18(19)24)22(26)29-20-12(2)25-10-16-17(20)11-28-21(16)13-4-6-15(23)7-5-13/h4-7,10,14,18-19,21H,3,8-9,11H2,1-2H3/t14-,18?,19-,21-/m0/s1. The summed E-state index contributed by atoms with van der Waals surface area (Å²) in [4.78, 5) is 17.4. The Hall–Kier alpha value is -1.22. The van der Waals surface area contributed by atoms with Crippen molar-refractivity contribution in [1.82, 2.24) is 4.98 Å². The summed E-state index contributed by atoms with van der Waals surface area (Å²) in [6.45, 7) is 4.88. The molecule has 0 amide bonds. The minimum atomic E-state index is -0.236. The van der Waals surface area contributed by atoms with Gasteiger partial charge in [0, 0.05) is 32.9 Å². The van der Waals surface area contributed by atoms with Gasteiger partial charge in [0.15, 0.2) is 5.75 Å². The van der Waals surface area contributed by atoms with Crippen LogP contribution in [0.25, 0.3) is 0 Å². The quantitative estimate of drug-likeness (QED) is 0.304. The fraction of sp³-hybridized carbons (Fsp3) is 0.455. The minimum Gasteiger partial charge on any atom is -0.424 e. The lowest BCUT2D eigenvalue weighted by atomic mass is 10.00. The van der Waals surface area contributed by atoms with Gasteiger partial charge < -0.3 is 14.2 Å². The van der Waals surface area contributed by atoms with Gasteiger partial charge in [-0.05, 0) is 44.4 Å². The zero-order valence-corrected chi connectivity index (χ0v) is 19.3. The molecule has 5 nitrogen and oxygen atoms in total. The number of nitrogens with zero attached hydrogens (tertiary/aromatic N) is 1. The average Bonchev–Trinajstić information content (AvgIpc) is 3.29. The number of carbonyl (C=O) groups excluding carboxylic acids is 1. The van der Waals surface area contributed by atoms with Gasteiger partial charge in [0.2, 0.25) is 0 Å². The van der Waals surface area contributed by atoms with E-state index in [9.17, 15) is 4.79 Å². The summed E-state index contributed by atoms with van der Waals surface area (Å²) >= 11 is 8.37. The molecular formula is C22H23ClINO4. The molecule has 0 saturated heterocycles. The fourth-order valence-electron chi connectivity index (χ4n) is 4.04. The summed E-state index contributed by atoms with van der Waals surface area (Å²) in [5.41, 5.74) is 3.53. The van der Waals surface area contributed by atoms with E-state index in [1.807, 2.05) is 44.3 Å². The van der Waals surface area contributed by atoms with Gasteiger partial charge in [0.25, 0.3) is 0 Å². The van der Waals surface area contributed by atoms with E-state index in [1.54, 1.807) is 0 Å². The summed E-state index contributed by atoms with van der Waals surface area (Å²) in [5, 5.41) is 0.680. The molecule has 1 fully saturated rings. The number of rotatable bonds is 5. The first-order valence-corrected chi connectivity index (χ1v) is 11.4. The zero-order chi connectivity index (χ0) is 20.5. The van der Waals surface area contributed by atoms with Crippen LogP contribution < -0.4 is 4.74 Å². The maximum atomic E-state index is 12.9. The van der Waals surface area contributed by atoms with Crippen LogP contribution in [0.2, 0.25) is 5.02 Å². The van der Waals surface area contributed by atoms with Gasteiger partial charge in [-0.25, -0.2) is 0 Å². The summed E-state index contributed by atoms with van der Waals surface area (Å²) in [5.74, 6) is 0.175. The Labute approximate surface area is 189 Å². The maximum absolute atomic E-state index is 12.9. The average molecular weight is 528 g/mol. The van der Waals surface area contributed by atoms with Gasteiger partial charge in [0.05, 0.1) is 24.3 Å². The minimum absolute atomic E-state index is 0.108. The predicted octanol–water partition coefficient (Wildman–Crippen LogP) is 5.19. The molecule has 29 heavy (non-hydrogen) atoms. The van der Waals surface area contributed by atoms with Crippen LogP contribution in [0.15, 0.2) is 30.5 Å². The number of alkyl halides is 1. The number of hydrogen-bond donors (Lipinski definition) is 0. The van der Waals surface area contributed by atoms with Crippen LogP contribution in [0.5, 0.6) is 5.75 Å². The SMILES string of the molecule is CCO[C@H]1C[C@@H](C(=O)Oc2c(C)ncc3c2CO[C@H]3c2ccc(Cl)cc2)CC1I. The number of benzene rings is 1. The Bertz CT molecular complexity index is 904. The van der Waals surface area contributed by atoms with E-state index in [4.69, 9.17) is 25.8 Å². The molecule has 2 aromatic rings. The van der Waals surface area contributed by atoms with Gasteiger partial charge >= 0.3 is 5.97 Å². The molecule has 0 radical (unpaired) electrons. The number of esters is 1. The number of carbonyl (C=O) groups is 1. The second-order valence-corrected chi connectivity index (χ2v) is 9.48. The smallest absolute Gasteiger partial charge is 0.314 e. The van der Waals surface area contributed by atoms with E-state index in [2.05, 4.69) is 27.6 Å². The number of aryl methyl sites for hydroxylation is 1. The molecule has 2 aliphatic rings. The highest BCUT2D eigenvalue weighted by atomic mass is 127. The van der Waals surface area contributed by atoms with E-state index in [0.717, 1.165) is 23.1 Å². The summed E-state index contributed by atoms with van der Waals surface area (Å²) in [6.07, 6.45) is 3.16. The molecule has 1 saturated carbocycles. The van der Waals surface area contributed by atoms with Crippen LogP contribution in [-0.2, 0) is 20.9 Å². The second kappa shape index (κ2) is 8.88. The molecular weight excluding hydrogens is 505 g/mol. The molecule has 0 spiro atoms. The van der Waals surface area contributed by atoms with Crippen LogP contribution >= 0.6 is 34.2 Å². The molecule has 1 aliphatic heterocycles. The number of fused-ring (bicyclic) bond motifs is 1. The third kappa shape index (κ3) is 4.31. The molecule has 4 rings (SSSR count). The normalized spacial score (nSPS) is 25.8. The molecule has 1 unspecified atom stereocenters. The molecule has 1 aromatic heterocycles. The van der Waals surface area contributed by atoms with Gasteiger partial charge in [0.1, 0.15) is 6.10 Å². The van der Waals surface area contributed by atoms with E-state index in [0.29, 0.717) is 40.0 Å². The molecule has 4 atom stereocenters. The van der Waals surface area contributed by atoms with E-state index in [1.165, 1.54) is 0 Å². The van der Waals surface area contributed by atoms with Gasteiger partial charge in [-0.15, -0.1) is 0 Å². The van der Waals surface area contributed by atoms with Crippen LogP contribution in [0.4, 0.5) is 0 Å². The predicted molar refractivity (Wildman–Crippen MR) is 119 cm³/mol. The second-order valence-electron chi connectivity index (χ2n) is 7.45. The van der Waals surface area contributed by atoms with Gasteiger partial charge in [-0.3, -0.25) is 9.78 Å². The lowest BCUT2D eigenvalue weighted by Crippen LogP contribution is -2.21. The summed E-state index contributed by atoms with van der Waals surface area (Å²) < 4.78 is 18.0. The van der Waals surface area contributed by atoms with Crippen molar-refractivity contribution in [2.45, 2.75) is 49.4 Å². The molecule has 0 N–H and O–H groups in total. The van der Waals surface area contributed by atoms with Crippen LogP contribution in [0, 0.1) is 12.8 Å². The van der Waals surface area contributed by atoms with Crippen molar-refractivity contribution in [3.8, 4) is 5.75 Å². The van der Waals surface area contributed by atoms with Crippen molar-refractivity contribution in [3.05, 3.63) is 57.9 Å². The van der Waals surface area contributed by atoms with Crippen molar-refractivity contribution in [2.75, 3.05) is 6.61 Å².